The Balaban J connectivity index is 1.78. The van der Waals surface area contributed by atoms with Crippen molar-refractivity contribution in [2.75, 3.05) is 0 Å². The Morgan fingerprint density at radius 2 is 1.45 bits per heavy atom. The van der Waals surface area contributed by atoms with E-state index in [-0.39, 0.29) is 0 Å². The molecule has 0 N–H and O–H groups in total. The lowest BCUT2D eigenvalue weighted by Gasteiger charge is -2.06. The molecule has 0 amide bonds. The summed E-state index contributed by atoms with van der Waals surface area (Å²) < 4.78 is 5.65. The van der Waals surface area contributed by atoms with E-state index < -0.39 is 0 Å². The minimum absolute atomic E-state index is 0.530. The van der Waals surface area contributed by atoms with Crippen molar-refractivity contribution < 1.29 is 4.74 Å². The molecule has 0 spiro atoms. The van der Waals surface area contributed by atoms with Crippen LogP contribution in [0.3, 0.4) is 0 Å². The fourth-order valence-corrected chi connectivity index (χ4v) is 2.00. The zero-order valence-corrected chi connectivity index (χ0v) is 11.4. The van der Waals surface area contributed by atoms with Crippen LogP contribution in [0.5, 0.6) is 11.6 Å². The lowest BCUT2D eigenvalue weighted by molar-refractivity contribution is 0.463. The average Bonchev–Trinajstić information content (AvgIpc) is 2.51. The molecule has 0 saturated carbocycles. The number of hydrogen-bond donors (Lipinski definition) is 0. The van der Waals surface area contributed by atoms with E-state index in [4.69, 9.17) is 16.3 Å². The van der Waals surface area contributed by atoms with Gasteiger partial charge in [-0.15, -0.1) is 0 Å². The Hall–Kier alpha value is -2.32. The van der Waals surface area contributed by atoms with Gasteiger partial charge in [-0.1, -0.05) is 54.1 Å². The molecule has 2 nitrogen and oxygen atoms in total. The van der Waals surface area contributed by atoms with Crippen LogP contribution in [-0.4, -0.2) is 4.98 Å². The highest BCUT2D eigenvalue weighted by atomic mass is 35.5. The summed E-state index contributed by atoms with van der Waals surface area (Å²) in [6, 6.07) is 21.6. The molecule has 3 rings (SSSR count). The van der Waals surface area contributed by atoms with Crippen molar-refractivity contribution in [1.29, 1.82) is 0 Å². The molecule has 1 aromatic heterocycles. The molecule has 98 valence electrons. The second-order valence-corrected chi connectivity index (χ2v) is 4.74. The van der Waals surface area contributed by atoms with Crippen molar-refractivity contribution in [3.63, 3.8) is 0 Å². The molecule has 0 saturated heterocycles. The second kappa shape index (κ2) is 5.76. The molecule has 0 unspecified atom stereocenters. The normalized spacial score (nSPS) is 10.2. The maximum Gasteiger partial charge on any atom is 0.219 e. The van der Waals surface area contributed by atoms with Gasteiger partial charge in [0.25, 0.3) is 0 Å². The van der Waals surface area contributed by atoms with Crippen LogP contribution in [0, 0.1) is 0 Å². The molecule has 20 heavy (non-hydrogen) atoms. The number of aromatic nitrogens is 1. The third-order valence-electron chi connectivity index (χ3n) is 2.88. The molecule has 0 aliphatic rings. The Morgan fingerprint density at radius 1 is 0.750 bits per heavy atom. The second-order valence-electron chi connectivity index (χ2n) is 4.31. The summed E-state index contributed by atoms with van der Waals surface area (Å²) in [5.74, 6) is 1.28. The van der Waals surface area contributed by atoms with Gasteiger partial charge in [0, 0.05) is 12.3 Å². The van der Waals surface area contributed by atoms with E-state index >= 15 is 0 Å². The fourth-order valence-electron chi connectivity index (χ4n) is 1.89. The van der Waals surface area contributed by atoms with Gasteiger partial charge in [-0.2, -0.15) is 0 Å². The van der Waals surface area contributed by atoms with Crippen LogP contribution in [-0.2, 0) is 0 Å². The number of rotatable bonds is 3. The Bertz CT molecular complexity index is 678. The van der Waals surface area contributed by atoms with Gasteiger partial charge in [0.05, 0.1) is 5.02 Å². The molecule has 3 heteroatoms. The van der Waals surface area contributed by atoms with Crippen LogP contribution in [0.4, 0.5) is 0 Å². The van der Waals surface area contributed by atoms with E-state index in [0.717, 1.165) is 11.3 Å². The molecule has 1 heterocycles. The van der Waals surface area contributed by atoms with Gasteiger partial charge >= 0.3 is 0 Å². The predicted octanol–water partition coefficient (Wildman–Crippen LogP) is 5.19. The van der Waals surface area contributed by atoms with E-state index in [1.165, 1.54) is 5.56 Å². The summed E-state index contributed by atoms with van der Waals surface area (Å²) in [7, 11) is 0. The van der Waals surface area contributed by atoms with Gasteiger partial charge in [0.2, 0.25) is 5.88 Å². The van der Waals surface area contributed by atoms with E-state index in [2.05, 4.69) is 17.1 Å². The summed E-state index contributed by atoms with van der Waals surface area (Å²) in [6.07, 6.45) is 1.56. The predicted molar refractivity (Wildman–Crippen MR) is 81.2 cm³/mol. The Labute approximate surface area is 122 Å². The van der Waals surface area contributed by atoms with Crippen LogP contribution >= 0.6 is 11.6 Å². The van der Waals surface area contributed by atoms with Crippen LogP contribution in [0.2, 0.25) is 5.02 Å². The van der Waals surface area contributed by atoms with Gasteiger partial charge in [0.15, 0.2) is 0 Å². The van der Waals surface area contributed by atoms with Crippen molar-refractivity contribution in [2.24, 2.45) is 0 Å². The maximum atomic E-state index is 5.79. The van der Waals surface area contributed by atoms with Gasteiger partial charge in [-0.05, 0) is 29.3 Å². The number of benzene rings is 2. The largest absolute Gasteiger partial charge is 0.439 e. The summed E-state index contributed by atoms with van der Waals surface area (Å²) in [4.78, 5) is 4.10. The van der Waals surface area contributed by atoms with Crippen LogP contribution in [0.15, 0.2) is 72.9 Å². The van der Waals surface area contributed by atoms with Gasteiger partial charge in [-0.3, -0.25) is 0 Å². The number of nitrogens with zero attached hydrogens (tertiary/aromatic N) is 1. The van der Waals surface area contributed by atoms with E-state index in [1.807, 2.05) is 42.5 Å². The standard InChI is InChI=1S/C17H12ClNO/c18-15-8-11-17(19-12-15)20-16-9-6-14(7-10-16)13-4-2-1-3-5-13/h1-12H. The molecular weight excluding hydrogens is 270 g/mol. The smallest absolute Gasteiger partial charge is 0.219 e. The first kappa shape index (κ1) is 12.7. The molecule has 0 bridgehead atoms. The van der Waals surface area contributed by atoms with Gasteiger partial charge in [0.1, 0.15) is 5.75 Å². The molecule has 2 aromatic carbocycles. The highest BCUT2D eigenvalue weighted by Crippen LogP contribution is 2.25. The minimum atomic E-state index is 0.530. The topological polar surface area (TPSA) is 22.1 Å². The highest BCUT2D eigenvalue weighted by Gasteiger charge is 2.00. The van der Waals surface area contributed by atoms with Crippen molar-refractivity contribution in [3.05, 3.63) is 77.9 Å². The van der Waals surface area contributed by atoms with Crippen molar-refractivity contribution in [3.8, 4) is 22.8 Å². The van der Waals surface area contributed by atoms with E-state index in [1.54, 1.807) is 18.3 Å². The summed E-state index contributed by atoms with van der Waals surface area (Å²) >= 11 is 5.79. The minimum Gasteiger partial charge on any atom is -0.439 e. The maximum absolute atomic E-state index is 5.79. The van der Waals surface area contributed by atoms with Crippen LogP contribution in [0.25, 0.3) is 11.1 Å². The molecule has 0 aliphatic heterocycles. The summed E-state index contributed by atoms with van der Waals surface area (Å²) in [5, 5.41) is 0.594. The van der Waals surface area contributed by atoms with Crippen LogP contribution in [0.1, 0.15) is 0 Å². The first-order valence-electron chi connectivity index (χ1n) is 6.26. The molecular formula is C17H12ClNO. The third kappa shape index (κ3) is 2.98. The summed E-state index contributed by atoms with van der Waals surface area (Å²) in [5.41, 5.74) is 2.34. The van der Waals surface area contributed by atoms with Gasteiger partial charge in [-0.25, -0.2) is 4.98 Å². The number of ether oxygens (including phenoxy) is 1. The first-order chi connectivity index (χ1) is 9.81. The molecule has 0 atom stereocenters. The number of hydrogen-bond acceptors (Lipinski definition) is 2. The van der Waals surface area contributed by atoms with Crippen LogP contribution < -0.4 is 4.74 Å². The third-order valence-corrected chi connectivity index (χ3v) is 3.11. The Morgan fingerprint density at radius 3 is 2.10 bits per heavy atom. The van der Waals surface area contributed by atoms with Crippen molar-refractivity contribution in [1.82, 2.24) is 4.98 Å². The number of pyridine rings is 1. The van der Waals surface area contributed by atoms with Crippen molar-refractivity contribution >= 4 is 11.6 Å². The lowest BCUT2D eigenvalue weighted by Crippen LogP contribution is -1.87. The molecule has 0 aliphatic carbocycles. The molecule has 3 aromatic rings. The van der Waals surface area contributed by atoms with Crippen molar-refractivity contribution in [2.45, 2.75) is 0 Å². The quantitative estimate of drug-likeness (QED) is 0.659. The fraction of sp³-hybridized carbons (Fsp3) is 0. The summed E-state index contributed by atoms with van der Waals surface area (Å²) in [6.45, 7) is 0. The Kier molecular flexibility index (Phi) is 3.66. The highest BCUT2D eigenvalue weighted by molar-refractivity contribution is 6.30. The van der Waals surface area contributed by atoms with Gasteiger partial charge < -0.3 is 4.74 Å². The molecule has 0 fully saturated rings. The lowest BCUT2D eigenvalue weighted by atomic mass is 10.1. The first-order valence-corrected chi connectivity index (χ1v) is 6.64. The monoisotopic (exact) mass is 281 g/mol. The zero-order chi connectivity index (χ0) is 13.8. The zero-order valence-electron chi connectivity index (χ0n) is 10.7. The average molecular weight is 282 g/mol. The molecule has 0 radical (unpaired) electrons. The SMILES string of the molecule is Clc1ccc(Oc2ccc(-c3ccccc3)cc2)nc1. The number of halogens is 1. The van der Waals surface area contributed by atoms with E-state index in [9.17, 15) is 0 Å². The van der Waals surface area contributed by atoms with E-state index in [0.29, 0.717) is 10.9 Å².